The number of rotatable bonds is 4. The minimum atomic E-state index is -0.442. The molecule has 0 saturated heterocycles. The van der Waals surface area contributed by atoms with E-state index in [9.17, 15) is 4.39 Å². The molecule has 2 aromatic rings. The van der Waals surface area contributed by atoms with Crippen molar-refractivity contribution in [2.45, 2.75) is 12.5 Å². The standard InChI is InChI=1S/C15H14Cl2FNO/c1-20-9-5-6-10(13(17)7-9)15(19)8-11-12(16)3-2-4-14(11)18/h2-7,15H,8,19H2,1H3. The number of nitrogens with two attached hydrogens (primary N) is 1. The van der Waals surface area contributed by atoms with E-state index in [0.29, 0.717) is 21.4 Å². The highest BCUT2D eigenvalue weighted by molar-refractivity contribution is 6.32. The lowest BCUT2D eigenvalue weighted by Gasteiger charge is -2.16. The Morgan fingerprint density at radius 3 is 2.55 bits per heavy atom. The molecule has 2 N–H and O–H groups in total. The summed E-state index contributed by atoms with van der Waals surface area (Å²) in [5, 5.41) is 0.856. The molecule has 0 aromatic heterocycles. The average Bonchev–Trinajstić information content (AvgIpc) is 2.42. The molecule has 2 nitrogen and oxygen atoms in total. The Hall–Kier alpha value is -1.29. The first-order valence-corrected chi connectivity index (χ1v) is 6.80. The zero-order valence-electron chi connectivity index (χ0n) is 10.9. The van der Waals surface area contributed by atoms with Crippen molar-refractivity contribution in [1.29, 1.82) is 0 Å². The summed E-state index contributed by atoms with van der Waals surface area (Å²) < 4.78 is 18.8. The zero-order chi connectivity index (χ0) is 14.7. The molecule has 0 radical (unpaired) electrons. The van der Waals surface area contributed by atoms with E-state index < -0.39 is 6.04 Å². The number of hydrogen-bond acceptors (Lipinski definition) is 2. The first-order valence-electron chi connectivity index (χ1n) is 6.05. The molecule has 5 heteroatoms. The summed E-state index contributed by atoms with van der Waals surface area (Å²) in [5.41, 5.74) is 7.23. The quantitative estimate of drug-likeness (QED) is 0.909. The Labute approximate surface area is 127 Å². The van der Waals surface area contributed by atoms with E-state index in [1.54, 1.807) is 37.4 Å². The van der Waals surface area contributed by atoms with Gasteiger partial charge in [0.15, 0.2) is 0 Å². The number of benzene rings is 2. The predicted molar refractivity (Wildman–Crippen MR) is 80.0 cm³/mol. The van der Waals surface area contributed by atoms with Gasteiger partial charge in [0.2, 0.25) is 0 Å². The number of ether oxygens (including phenoxy) is 1. The molecule has 0 fully saturated rings. The minimum absolute atomic E-state index is 0.275. The highest BCUT2D eigenvalue weighted by atomic mass is 35.5. The maximum atomic E-state index is 13.8. The van der Waals surface area contributed by atoms with Gasteiger partial charge in [-0.15, -0.1) is 0 Å². The van der Waals surface area contributed by atoms with Crippen molar-refractivity contribution in [3.63, 3.8) is 0 Å². The molecule has 0 aliphatic rings. The van der Waals surface area contributed by atoms with Crippen molar-refractivity contribution in [2.75, 3.05) is 7.11 Å². The molecule has 20 heavy (non-hydrogen) atoms. The second-order valence-corrected chi connectivity index (χ2v) is 5.21. The molecule has 0 aliphatic carbocycles. The second-order valence-electron chi connectivity index (χ2n) is 4.40. The molecule has 2 aromatic carbocycles. The highest BCUT2D eigenvalue weighted by Crippen LogP contribution is 2.30. The fourth-order valence-electron chi connectivity index (χ4n) is 1.99. The Balaban J connectivity index is 2.26. The fraction of sp³-hybridized carbons (Fsp3) is 0.200. The lowest BCUT2D eigenvalue weighted by Crippen LogP contribution is -2.15. The topological polar surface area (TPSA) is 35.2 Å². The van der Waals surface area contributed by atoms with Crippen LogP contribution in [0.5, 0.6) is 5.75 Å². The van der Waals surface area contributed by atoms with Gasteiger partial charge in [0.05, 0.1) is 7.11 Å². The van der Waals surface area contributed by atoms with Crippen LogP contribution >= 0.6 is 23.2 Å². The van der Waals surface area contributed by atoms with Crippen LogP contribution in [0.25, 0.3) is 0 Å². The molecule has 0 bridgehead atoms. The van der Waals surface area contributed by atoms with E-state index in [-0.39, 0.29) is 12.2 Å². The van der Waals surface area contributed by atoms with E-state index in [0.717, 1.165) is 5.56 Å². The summed E-state index contributed by atoms with van der Waals surface area (Å²) in [6.45, 7) is 0. The van der Waals surface area contributed by atoms with Crippen molar-refractivity contribution >= 4 is 23.2 Å². The van der Waals surface area contributed by atoms with Gasteiger partial charge in [-0.2, -0.15) is 0 Å². The van der Waals surface area contributed by atoms with Crippen molar-refractivity contribution in [2.24, 2.45) is 5.73 Å². The minimum Gasteiger partial charge on any atom is -0.497 e. The van der Waals surface area contributed by atoms with Crippen molar-refractivity contribution in [3.8, 4) is 5.75 Å². The number of hydrogen-bond donors (Lipinski definition) is 1. The highest BCUT2D eigenvalue weighted by Gasteiger charge is 2.16. The maximum Gasteiger partial charge on any atom is 0.127 e. The molecule has 1 unspecified atom stereocenters. The van der Waals surface area contributed by atoms with Gasteiger partial charge >= 0.3 is 0 Å². The van der Waals surface area contributed by atoms with Gasteiger partial charge in [0.25, 0.3) is 0 Å². The van der Waals surface area contributed by atoms with Crippen molar-refractivity contribution in [3.05, 3.63) is 63.4 Å². The van der Waals surface area contributed by atoms with E-state index in [4.69, 9.17) is 33.7 Å². The van der Waals surface area contributed by atoms with Crippen LogP contribution in [0.2, 0.25) is 10.0 Å². The van der Waals surface area contributed by atoms with Gasteiger partial charge in [-0.3, -0.25) is 0 Å². The third kappa shape index (κ3) is 3.23. The van der Waals surface area contributed by atoms with Gasteiger partial charge in [-0.05, 0) is 36.2 Å². The normalized spacial score (nSPS) is 12.2. The van der Waals surface area contributed by atoms with Crippen LogP contribution in [-0.4, -0.2) is 7.11 Å². The van der Waals surface area contributed by atoms with Crippen LogP contribution in [0.1, 0.15) is 17.2 Å². The summed E-state index contributed by atoms with van der Waals surface area (Å²) >= 11 is 12.2. The van der Waals surface area contributed by atoms with Crippen LogP contribution in [0.15, 0.2) is 36.4 Å². The lowest BCUT2D eigenvalue weighted by atomic mass is 9.99. The fourth-order valence-corrected chi connectivity index (χ4v) is 2.54. The smallest absolute Gasteiger partial charge is 0.127 e. The van der Waals surface area contributed by atoms with Gasteiger partial charge in [-0.1, -0.05) is 35.3 Å². The van der Waals surface area contributed by atoms with Crippen LogP contribution in [0.3, 0.4) is 0 Å². The Morgan fingerprint density at radius 1 is 1.20 bits per heavy atom. The third-order valence-corrected chi connectivity index (χ3v) is 3.77. The Morgan fingerprint density at radius 2 is 1.95 bits per heavy atom. The van der Waals surface area contributed by atoms with Gasteiger partial charge in [0.1, 0.15) is 11.6 Å². The lowest BCUT2D eigenvalue weighted by molar-refractivity contribution is 0.414. The summed E-state index contributed by atoms with van der Waals surface area (Å²) in [5.74, 6) is 0.285. The molecule has 2 rings (SSSR count). The molecule has 0 saturated carbocycles. The molecule has 106 valence electrons. The van der Waals surface area contributed by atoms with Crippen LogP contribution < -0.4 is 10.5 Å². The summed E-state index contributed by atoms with van der Waals surface area (Å²) in [4.78, 5) is 0. The van der Waals surface area contributed by atoms with Crippen molar-refractivity contribution in [1.82, 2.24) is 0 Å². The molecule has 0 heterocycles. The zero-order valence-corrected chi connectivity index (χ0v) is 12.4. The van der Waals surface area contributed by atoms with E-state index in [1.165, 1.54) is 6.07 Å². The Bertz CT molecular complexity index is 599. The Kier molecular flexibility index (Phi) is 4.86. The van der Waals surface area contributed by atoms with E-state index in [2.05, 4.69) is 0 Å². The van der Waals surface area contributed by atoms with Crippen LogP contribution in [0, 0.1) is 5.82 Å². The first-order chi connectivity index (χ1) is 9.52. The van der Waals surface area contributed by atoms with Gasteiger partial charge in [-0.25, -0.2) is 4.39 Å². The average molecular weight is 314 g/mol. The number of methoxy groups -OCH3 is 1. The van der Waals surface area contributed by atoms with Gasteiger partial charge < -0.3 is 10.5 Å². The monoisotopic (exact) mass is 313 g/mol. The number of halogens is 3. The molecule has 0 aliphatic heterocycles. The van der Waals surface area contributed by atoms with Crippen LogP contribution in [-0.2, 0) is 6.42 Å². The largest absolute Gasteiger partial charge is 0.497 e. The molecule has 0 spiro atoms. The summed E-state index contributed by atoms with van der Waals surface area (Å²) in [6, 6.07) is 9.35. The summed E-state index contributed by atoms with van der Waals surface area (Å²) in [6.07, 6.45) is 0.275. The summed E-state index contributed by atoms with van der Waals surface area (Å²) in [7, 11) is 1.56. The molecular formula is C15H14Cl2FNO. The molecule has 0 amide bonds. The maximum absolute atomic E-state index is 13.8. The molecule has 1 atom stereocenters. The van der Waals surface area contributed by atoms with Crippen molar-refractivity contribution < 1.29 is 9.13 Å². The van der Waals surface area contributed by atoms with Crippen LogP contribution in [0.4, 0.5) is 4.39 Å². The third-order valence-electron chi connectivity index (χ3n) is 3.09. The second kappa shape index (κ2) is 6.44. The van der Waals surface area contributed by atoms with Gasteiger partial charge in [0, 0.05) is 21.7 Å². The SMILES string of the molecule is COc1ccc(C(N)Cc2c(F)cccc2Cl)c(Cl)c1. The molecular weight excluding hydrogens is 300 g/mol. The predicted octanol–water partition coefficient (Wildman–Crippen LogP) is 4.38. The first kappa shape index (κ1) is 15.1. The van der Waals surface area contributed by atoms with E-state index >= 15 is 0 Å². The van der Waals surface area contributed by atoms with E-state index in [1.807, 2.05) is 0 Å².